The second-order valence-electron chi connectivity index (χ2n) is 6.32. The molecule has 1 aromatic heterocycles. The number of fused-ring (bicyclic) bond motifs is 1. The van der Waals surface area contributed by atoms with Gasteiger partial charge in [0.2, 0.25) is 0 Å². The number of rotatable bonds is 8. The molecular formula is C19H29NO. The Balaban J connectivity index is 2.22. The molecule has 2 heteroatoms. The summed E-state index contributed by atoms with van der Waals surface area (Å²) in [6, 6.07) is 6.69. The van der Waals surface area contributed by atoms with Gasteiger partial charge in [0, 0.05) is 10.9 Å². The first kappa shape index (κ1) is 16.1. The predicted octanol–water partition coefficient (Wildman–Crippen LogP) is 5.08. The summed E-state index contributed by atoms with van der Waals surface area (Å²) in [7, 11) is 0. The third-order valence-electron chi connectivity index (χ3n) is 3.95. The van der Waals surface area contributed by atoms with Gasteiger partial charge >= 0.3 is 0 Å². The second-order valence-corrected chi connectivity index (χ2v) is 6.32. The molecule has 21 heavy (non-hydrogen) atoms. The molecule has 0 aliphatic rings. The SMILES string of the molecule is CCCCc1ccc2oc(CNCC(C)C)c(CC)c2c1. The summed E-state index contributed by atoms with van der Waals surface area (Å²) in [5.74, 6) is 1.78. The Bertz CT molecular complexity index is 568. The van der Waals surface area contributed by atoms with Gasteiger partial charge in [0.15, 0.2) is 0 Å². The Kier molecular flexibility index (Phi) is 5.86. The van der Waals surface area contributed by atoms with Crippen LogP contribution < -0.4 is 5.32 Å². The molecule has 1 N–H and O–H groups in total. The first-order chi connectivity index (χ1) is 10.2. The number of benzene rings is 1. The Labute approximate surface area is 128 Å². The van der Waals surface area contributed by atoms with Gasteiger partial charge in [-0.3, -0.25) is 0 Å². The van der Waals surface area contributed by atoms with E-state index >= 15 is 0 Å². The molecule has 0 fully saturated rings. The Hall–Kier alpha value is -1.28. The molecule has 0 aliphatic heterocycles. The van der Waals surface area contributed by atoms with Crippen molar-refractivity contribution in [1.29, 1.82) is 0 Å². The van der Waals surface area contributed by atoms with Gasteiger partial charge in [-0.1, -0.05) is 40.2 Å². The zero-order valence-corrected chi connectivity index (χ0v) is 14.0. The predicted molar refractivity (Wildman–Crippen MR) is 90.7 cm³/mol. The molecule has 0 saturated carbocycles. The fraction of sp³-hybridized carbons (Fsp3) is 0.579. The van der Waals surface area contributed by atoms with Gasteiger partial charge in [-0.05, 0) is 49.4 Å². The molecular weight excluding hydrogens is 258 g/mol. The van der Waals surface area contributed by atoms with Crippen LogP contribution in [0.5, 0.6) is 0 Å². The molecule has 0 radical (unpaired) electrons. The fourth-order valence-corrected chi connectivity index (χ4v) is 2.79. The molecule has 2 rings (SSSR count). The molecule has 0 bridgehead atoms. The second kappa shape index (κ2) is 7.65. The van der Waals surface area contributed by atoms with Gasteiger partial charge < -0.3 is 9.73 Å². The van der Waals surface area contributed by atoms with Gasteiger partial charge in [-0.25, -0.2) is 0 Å². The maximum atomic E-state index is 6.07. The van der Waals surface area contributed by atoms with Gasteiger partial charge in [0.1, 0.15) is 11.3 Å². The monoisotopic (exact) mass is 287 g/mol. The number of hydrogen-bond donors (Lipinski definition) is 1. The van der Waals surface area contributed by atoms with Gasteiger partial charge in [0.25, 0.3) is 0 Å². The van der Waals surface area contributed by atoms with Crippen LogP contribution in [0.4, 0.5) is 0 Å². The van der Waals surface area contributed by atoms with Crippen molar-refractivity contribution >= 4 is 11.0 Å². The summed E-state index contributed by atoms with van der Waals surface area (Å²) >= 11 is 0. The number of hydrogen-bond acceptors (Lipinski definition) is 2. The van der Waals surface area contributed by atoms with Crippen molar-refractivity contribution in [2.24, 2.45) is 5.92 Å². The van der Waals surface area contributed by atoms with E-state index in [0.717, 1.165) is 30.9 Å². The van der Waals surface area contributed by atoms with E-state index in [0.29, 0.717) is 5.92 Å². The molecule has 1 heterocycles. The summed E-state index contributed by atoms with van der Waals surface area (Å²) in [4.78, 5) is 0. The van der Waals surface area contributed by atoms with Gasteiger partial charge in [-0.2, -0.15) is 0 Å². The smallest absolute Gasteiger partial charge is 0.134 e. The number of unbranched alkanes of at least 4 members (excludes halogenated alkanes) is 1. The van der Waals surface area contributed by atoms with Crippen LogP contribution in [-0.4, -0.2) is 6.54 Å². The minimum Gasteiger partial charge on any atom is -0.459 e. The first-order valence-electron chi connectivity index (χ1n) is 8.39. The zero-order valence-electron chi connectivity index (χ0n) is 14.0. The van der Waals surface area contributed by atoms with E-state index in [9.17, 15) is 0 Å². The maximum absolute atomic E-state index is 6.07. The number of aryl methyl sites for hydroxylation is 2. The van der Waals surface area contributed by atoms with E-state index < -0.39 is 0 Å². The van der Waals surface area contributed by atoms with Crippen molar-refractivity contribution in [3.05, 3.63) is 35.1 Å². The van der Waals surface area contributed by atoms with Crippen molar-refractivity contribution in [1.82, 2.24) is 5.32 Å². The molecule has 0 saturated heterocycles. The molecule has 0 aliphatic carbocycles. The third-order valence-corrected chi connectivity index (χ3v) is 3.95. The average Bonchev–Trinajstić information content (AvgIpc) is 2.81. The molecule has 2 nitrogen and oxygen atoms in total. The highest BCUT2D eigenvalue weighted by Gasteiger charge is 2.13. The highest BCUT2D eigenvalue weighted by Crippen LogP contribution is 2.28. The Morgan fingerprint density at radius 2 is 2.00 bits per heavy atom. The third kappa shape index (κ3) is 4.10. The summed E-state index contributed by atoms with van der Waals surface area (Å²) in [5, 5.41) is 4.80. The summed E-state index contributed by atoms with van der Waals surface area (Å²) in [6.45, 7) is 10.8. The van der Waals surface area contributed by atoms with Crippen molar-refractivity contribution in [2.75, 3.05) is 6.54 Å². The molecule has 1 aromatic carbocycles. The fourth-order valence-electron chi connectivity index (χ4n) is 2.79. The van der Waals surface area contributed by atoms with Crippen LogP contribution in [0.2, 0.25) is 0 Å². The molecule has 0 unspecified atom stereocenters. The van der Waals surface area contributed by atoms with Gasteiger partial charge in [0.05, 0.1) is 6.54 Å². The van der Waals surface area contributed by atoms with E-state index in [1.807, 2.05) is 0 Å². The lowest BCUT2D eigenvalue weighted by Gasteiger charge is -2.06. The average molecular weight is 287 g/mol. The minimum absolute atomic E-state index is 0.667. The maximum Gasteiger partial charge on any atom is 0.134 e. The standard InChI is InChI=1S/C19H29NO/c1-5-7-8-15-9-10-18-17(11-15)16(6-2)19(21-18)13-20-12-14(3)4/h9-11,14,20H,5-8,12-13H2,1-4H3. The Morgan fingerprint density at radius 1 is 1.19 bits per heavy atom. The normalized spacial score (nSPS) is 11.7. The van der Waals surface area contributed by atoms with Crippen molar-refractivity contribution in [2.45, 2.75) is 59.9 Å². The lowest BCUT2D eigenvalue weighted by atomic mass is 10.0. The topological polar surface area (TPSA) is 25.2 Å². The minimum atomic E-state index is 0.667. The van der Waals surface area contributed by atoms with E-state index in [1.165, 1.54) is 35.8 Å². The summed E-state index contributed by atoms with van der Waals surface area (Å²) in [6.07, 6.45) is 4.70. The lowest BCUT2D eigenvalue weighted by molar-refractivity contribution is 0.481. The van der Waals surface area contributed by atoms with Crippen LogP contribution in [0.15, 0.2) is 22.6 Å². The van der Waals surface area contributed by atoms with Crippen molar-refractivity contribution in [3.63, 3.8) is 0 Å². The van der Waals surface area contributed by atoms with Crippen molar-refractivity contribution in [3.8, 4) is 0 Å². The Morgan fingerprint density at radius 3 is 2.67 bits per heavy atom. The molecule has 0 atom stereocenters. The molecule has 116 valence electrons. The highest BCUT2D eigenvalue weighted by molar-refractivity contribution is 5.83. The van der Waals surface area contributed by atoms with E-state index in [-0.39, 0.29) is 0 Å². The van der Waals surface area contributed by atoms with E-state index in [4.69, 9.17) is 4.42 Å². The zero-order chi connectivity index (χ0) is 15.2. The number of nitrogens with one attached hydrogen (secondary N) is 1. The summed E-state index contributed by atoms with van der Waals surface area (Å²) in [5.41, 5.74) is 3.84. The van der Waals surface area contributed by atoms with Crippen LogP contribution >= 0.6 is 0 Å². The van der Waals surface area contributed by atoms with E-state index in [2.05, 4.69) is 51.2 Å². The van der Waals surface area contributed by atoms with Crippen LogP contribution in [0, 0.1) is 5.92 Å². The largest absolute Gasteiger partial charge is 0.459 e. The molecule has 0 spiro atoms. The van der Waals surface area contributed by atoms with Gasteiger partial charge in [-0.15, -0.1) is 0 Å². The number of furan rings is 1. The van der Waals surface area contributed by atoms with Crippen LogP contribution in [0.25, 0.3) is 11.0 Å². The molecule has 2 aromatic rings. The van der Waals surface area contributed by atoms with Crippen LogP contribution in [-0.2, 0) is 19.4 Å². The van der Waals surface area contributed by atoms with E-state index in [1.54, 1.807) is 0 Å². The quantitative estimate of drug-likeness (QED) is 0.732. The first-order valence-corrected chi connectivity index (χ1v) is 8.39. The summed E-state index contributed by atoms with van der Waals surface area (Å²) < 4.78 is 6.07. The highest BCUT2D eigenvalue weighted by atomic mass is 16.3. The van der Waals surface area contributed by atoms with Crippen LogP contribution in [0.3, 0.4) is 0 Å². The van der Waals surface area contributed by atoms with Crippen molar-refractivity contribution < 1.29 is 4.42 Å². The molecule has 0 amide bonds. The van der Waals surface area contributed by atoms with Crippen LogP contribution in [0.1, 0.15) is 57.4 Å². The lowest BCUT2D eigenvalue weighted by Crippen LogP contribution is -2.19.